The highest BCUT2D eigenvalue weighted by molar-refractivity contribution is 9.10. The summed E-state index contributed by atoms with van der Waals surface area (Å²) in [5.41, 5.74) is 0.827. The highest BCUT2D eigenvalue weighted by atomic mass is 79.9. The lowest BCUT2D eigenvalue weighted by Crippen LogP contribution is -2.52. The number of amides is 2. The Labute approximate surface area is 190 Å². The highest BCUT2D eigenvalue weighted by Crippen LogP contribution is 2.18. The van der Waals surface area contributed by atoms with Crippen molar-refractivity contribution in [2.24, 2.45) is 0 Å². The normalized spacial score (nSPS) is 13.1. The summed E-state index contributed by atoms with van der Waals surface area (Å²) in [5, 5.41) is 2.18. The van der Waals surface area contributed by atoms with E-state index in [-0.39, 0.29) is 13.2 Å². The lowest BCUT2D eigenvalue weighted by molar-refractivity contribution is 0.0175. The van der Waals surface area contributed by atoms with Crippen LogP contribution in [0, 0.1) is 0 Å². The number of hydrogen-bond acceptors (Lipinski definition) is 4. The van der Waals surface area contributed by atoms with Crippen molar-refractivity contribution in [2.45, 2.75) is 52.2 Å². The molecule has 0 heterocycles. The first-order valence-corrected chi connectivity index (χ1v) is 10.6. The van der Waals surface area contributed by atoms with Gasteiger partial charge in [0.05, 0.1) is 6.54 Å². The Morgan fingerprint density at radius 2 is 1.61 bits per heavy atom. The van der Waals surface area contributed by atoms with Gasteiger partial charge < -0.3 is 9.47 Å². The van der Waals surface area contributed by atoms with Crippen LogP contribution in [0.5, 0.6) is 0 Å². The fourth-order valence-electron chi connectivity index (χ4n) is 2.72. The first kappa shape index (κ1) is 24.7. The lowest BCUT2D eigenvalue weighted by atomic mass is 10.2. The minimum Gasteiger partial charge on any atom is -0.445 e. The second-order valence-electron chi connectivity index (χ2n) is 8.35. The van der Waals surface area contributed by atoms with Crippen molar-refractivity contribution >= 4 is 28.1 Å². The number of alkyl halides is 1. The van der Waals surface area contributed by atoms with Crippen LogP contribution in [0.2, 0.25) is 0 Å². The molecule has 0 saturated heterocycles. The predicted octanol–water partition coefficient (Wildman–Crippen LogP) is 5.80. The smallest absolute Gasteiger partial charge is 0.410 e. The molecule has 6 nitrogen and oxygen atoms in total. The van der Waals surface area contributed by atoms with Crippen molar-refractivity contribution in [3.05, 3.63) is 70.2 Å². The van der Waals surface area contributed by atoms with Crippen LogP contribution < -0.4 is 5.32 Å². The molecule has 2 aromatic rings. The maximum absolute atomic E-state index is 15.2. The van der Waals surface area contributed by atoms with Crippen molar-refractivity contribution in [3.8, 4) is 0 Å². The van der Waals surface area contributed by atoms with Crippen LogP contribution in [0.15, 0.2) is 59.1 Å². The Morgan fingerprint density at radius 3 is 2.19 bits per heavy atom. The van der Waals surface area contributed by atoms with Gasteiger partial charge in [0.2, 0.25) is 0 Å². The molecule has 0 aliphatic rings. The van der Waals surface area contributed by atoms with Gasteiger partial charge in [-0.2, -0.15) is 0 Å². The van der Waals surface area contributed by atoms with Crippen LogP contribution in [-0.4, -0.2) is 35.0 Å². The molecule has 31 heavy (non-hydrogen) atoms. The number of nitrogens with zero attached hydrogens (tertiary/aromatic N) is 1. The van der Waals surface area contributed by atoms with Gasteiger partial charge in [-0.15, -0.1) is 0 Å². The van der Waals surface area contributed by atoms with Crippen LogP contribution in [0.25, 0.3) is 0 Å². The molecule has 0 spiro atoms. The number of ether oxygens (including phenoxy) is 2. The molecule has 0 radical (unpaired) electrons. The van der Waals surface area contributed by atoms with Crippen molar-refractivity contribution in [1.82, 2.24) is 10.2 Å². The maximum Gasteiger partial charge on any atom is 0.410 e. The molecule has 168 valence electrons. The summed E-state index contributed by atoms with van der Waals surface area (Å²) in [6.07, 6.45) is -1.60. The molecule has 0 aliphatic carbocycles. The second-order valence-corrected chi connectivity index (χ2v) is 9.26. The molecule has 0 aliphatic heterocycles. The third-order valence-electron chi connectivity index (χ3n) is 4.00. The number of alkyl carbamates (subject to hydrolysis) is 1. The number of carbonyl (C=O) groups excluding carboxylic acids is 2. The van der Waals surface area contributed by atoms with Gasteiger partial charge in [-0.1, -0.05) is 58.4 Å². The maximum atomic E-state index is 15.2. The molecular formula is C23H28BrFN2O4. The Kier molecular flexibility index (Phi) is 8.44. The number of hydrogen-bond donors (Lipinski definition) is 1. The molecule has 1 unspecified atom stereocenters. The Morgan fingerprint density at radius 1 is 1.00 bits per heavy atom. The van der Waals surface area contributed by atoms with E-state index in [1.807, 2.05) is 54.6 Å². The Balaban J connectivity index is 2.10. The van der Waals surface area contributed by atoms with Crippen molar-refractivity contribution < 1.29 is 23.5 Å². The summed E-state index contributed by atoms with van der Waals surface area (Å²) >= 11 is 3.36. The largest absolute Gasteiger partial charge is 0.445 e. The summed E-state index contributed by atoms with van der Waals surface area (Å²) in [4.78, 5) is 26.0. The molecule has 2 rings (SSSR count). The molecule has 0 aromatic heterocycles. The van der Waals surface area contributed by atoms with Crippen LogP contribution in [-0.2, 0) is 22.6 Å². The van der Waals surface area contributed by atoms with E-state index in [9.17, 15) is 9.59 Å². The fraction of sp³-hybridized carbons (Fsp3) is 0.391. The molecular weight excluding hydrogens is 467 g/mol. The first-order chi connectivity index (χ1) is 14.4. The molecule has 2 amide bonds. The van der Waals surface area contributed by atoms with Crippen molar-refractivity contribution in [2.75, 3.05) is 6.54 Å². The van der Waals surface area contributed by atoms with E-state index >= 15 is 4.39 Å². The number of carbonyl (C=O) groups is 2. The predicted molar refractivity (Wildman–Crippen MR) is 120 cm³/mol. The van der Waals surface area contributed by atoms with Crippen molar-refractivity contribution in [3.63, 3.8) is 0 Å². The van der Waals surface area contributed by atoms with Crippen LogP contribution in [0.1, 0.15) is 38.8 Å². The Hall–Kier alpha value is -2.61. The SMILES string of the molecule is CC(F)(CN(Cc1ccc(Br)cc1)C(=O)OCc1ccccc1)NC(=O)OC(C)(C)C. The molecule has 0 bridgehead atoms. The minimum absolute atomic E-state index is 0.0546. The highest BCUT2D eigenvalue weighted by Gasteiger charge is 2.33. The molecule has 8 heteroatoms. The zero-order chi connectivity index (χ0) is 23.1. The zero-order valence-electron chi connectivity index (χ0n) is 18.2. The van der Waals surface area contributed by atoms with Gasteiger partial charge in [0.15, 0.2) is 5.79 Å². The van der Waals surface area contributed by atoms with E-state index in [1.165, 1.54) is 11.8 Å². The third-order valence-corrected chi connectivity index (χ3v) is 4.53. The van der Waals surface area contributed by atoms with Crippen LogP contribution in [0.4, 0.5) is 14.0 Å². The quantitative estimate of drug-likeness (QED) is 0.494. The lowest BCUT2D eigenvalue weighted by Gasteiger charge is -2.31. The standard InChI is InChI=1S/C23H28BrFN2O4/c1-22(2,3)31-20(28)26-23(4,25)16-27(14-17-10-12-19(24)13-11-17)21(29)30-15-18-8-6-5-7-9-18/h5-13H,14-16H2,1-4H3,(H,26,28). The summed E-state index contributed by atoms with van der Waals surface area (Å²) in [6, 6.07) is 16.5. The number of nitrogens with one attached hydrogen (secondary N) is 1. The summed E-state index contributed by atoms with van der Waals surface area (Å²) < 4.78 is 26.6. The van der Waals surface area contributed by atoms with Gasteiger partial charge in [0.1, 0.15) is 12.2 Å². The van der Waals surface area contributed by atoms with E-state index < -0.39 is 30.1 Å². The second kappa shape index (κ2) is 10.6. The van der Waals surface area contributed by atoms with Gasteiger partial charge in [-0.25, -0.2) is 14.0 Å². The van der Waals surface area contributed by atoms with E-state index in [0.29, 0.717) is 0 Å². The summed E-state index contributed by atoms with van der Waals surface area (Å²) in [5.74, 6) is -2.23. The number of benzene rings is 2. The van der Waals surface area contributed by atoms with E-state index in [0.717, 1.165) is 15.6 Å². The molecule has 1 atom stereocenters. The van der Waals surface area contributed by atoms with Gasteiger partial charge in [-0.05, 0) is 51.0 Å². The van der Waals surface area contributed by atoms with Gasteiger partial charge in [0, 0.05) is 11.0 Å². The molecule has 1 N–H and O–H groups in total. The molecule has 2 aromatic carbocycles. The monoisotopic (exact) mass is 494 g/mol. The molecule has 0 fully saturated rings. The number of halogens is 2. The van der Waals surface area contributed by atoms with E-state index in [4.69, 9.17) is 9.47 Å². The minimum atomic E-state index is -2.23. The van der Waals surface area contributed by atoms with Gasteiger partial charge >= 0.3 is 12.2 Å². The van der Waals surface area contributed by atoms with E-state index in [1.54, 1.807) is 20.8 Å². The molecule has 0 saturated carbocycles. The summed E-state index contributed by atoms with van der Waals surface area (Å²) in [6.45, 7) is 5.97. The topological polar surface area (TPSA) is 67.9 Å². The third kappa shape index (κ3) is 9.38. The van der Waals surface area contributed by atoms with Gasteiger partial charge in [0.25, 0.3) is 0 Å². The fourth-order valence-corrected chi connectivity index (χ4v) is 2.98. The first-order valence-electron chi connectivity index (χ1n) is 9.84. The van der Waals surface area contributed by atoms with Crippen molar-refractivity contribution in [1.29, 1.82) is 0 Å². The van der Waals surface area contributed by atoms with E-state index in [2.05, 4.69) is 21.2 Å². The average molecular weight is 495 g/mol. The number of rotatable bonds is 7. The zero-order valence-corrected chi connectivity index (χ0v) is 19.7. The van der Waals surface area contributed by atoms with Crippen LogP contribution >= 0.6 is 15.9 Å². The van der Waals surface area contributed by atoms with Gasteiger partial charge in [-0.3, -0.25) is 10.2 Å². The average Bonchev–Trinajstić information content (AvgIpc) is 2.66. The Bertz CT molecular complexity index is 867. The van der Waals surface area contributed by atoms with Crippen LogP contribution in [0.3, 0.4) is 0 Å². The summed E-state index contributed by atoms with van der Waals surface area (Å²) in [7, 11) is 0.